The van der Waals surface area contributed by atoms with E-state index >= 15 is 0 Å². The lowest BCUT2D eigenvalue weighted by atomic mass is 10.1. The third kappa shape index (κ3) is 4.75. The van der Waals surface area contributed by atoms with Crippen LogP contribution in [0.4, 0.5) is 0 Å². The van der Waals surface area contributed by atoms with Crippen molar-refractivity contribution < 1.29 is 19.1 Å². The van der Waals surface area contributed by atoms with Crippen molar-refractivity contribution in [3.8, 4) is 5.75 Å². The lowest BCUT2D eigenvalue weighted by Crippen LogP contribution is -2.52. The van der Waals surface area contributed by atoms with Crippen LogP contribution in [0.25, 0.3) is 0 Å². The summed E-state index contributed by atoms with van der Waals surface area (Å²) in [5.41, 5.74) is 1.13. The second-order valence-electron chi connectivity index (χ2n) is 8.66. The first-order valence-electron chi connectivity index (χ1n) is 10.7. The molecule has 0 bridgehead atoms. The highest BCUT2D eigenvalue weighted by Crippen LogP contribution is 2.30. The van der Waals surface area contributed by atoms with E-state index in [1.807, 2.05) is 29.2 Å². The largest absolute Gasteiger partial charge is 0.497 e. The van der Waals surface area contributed by atoms with Crippen LogP contribution in [0.5, 0.6) is 5.75 Å². The van der Waals surface area contributed by atoms with Crippen LogP contribution in [0.3, 0.4) is 0 Å². The molecular formula is C22H30N4O4. The lowest BCUT2D eigenvalue weighted by Gasteiger charge is -2.25. The molecule has 2 heterocycles. The number of rotatable bonds is 6. The molecule has 162 valence electrons. The smallest absolute Gasteiger partial charge is 0.246 e. The van der Waals surface area contributed by atoms with E-state index in [4.69, 9.17) is 4.74 Å². The minimum absolute atomic E-state index is 0.0196. The van der Waals surface area contributed by atoms with Gasteiger partial charge in [-0.2, -0.15) is 0 Å². The summed E-state index contributed by atoms with van der Waals surface area (Å²) in [5.74, 6) is 0.712. The summed E-state index contributed by atoms with van der Waals surface area (Å²) in [5, 5.41) is 5.94. The number of fused-ring (bicyclic) bond motifs is 1. The van der Waals surface area contributed by atoms with Gasteiger partial charge in [0.25, 0.3) is 0 Å². The second kappa shape index (κ2) is 8.63. The molecule has 0 spiro atoms. The molecule has 2 saturated heterocycles. The van der Waals surface area contributed by atoms with Crippen LogP contribution in [-0.2, 0) is 20.9 Å². The van der Waals surface area contributed by atoms with Gasteiger partial charge in [-0.15, -0.1) is 0 Å². The average Bonchev–Trinajstić information content (AvgIpc) is 3.50. The quantitative estimate of drug-likeness (QED) is 0.708. The molecule has 2 aliphatic heterocycles. The van der Waals surface area contributed by atoms with Gasteiger partial charge in [0, 0.05) is 51.1 Å². The van der Waals surface area contributed by atoms with Gasteiger partial charge in [-0.05, 0) is 37.0 Å². The van der Waals surface area contributed by atoms with Gasteiger partial charge in [-0.1, -0.05) is 12.1 Å². The van der Waals surface area contributed by atoms with Crippen LogP contribution in [-0.4, -0.2) is 72.4 Å². The Morgan fingerprint density at radius 2 is 1.83 bits per heavy atom. The summed E-state index contributed by atoms with van der Waals surface area (Å²) in [4.78, 5) is 41.3. The molecule has 30 heavy (non-hydrogen) atoms. The third-order valence-corrected chi connectivity index (χ3v) is 6.14. The molecule has 8 heteroatoms. The van der Waals surface area contributed by atoms with Crippen molar-refractivity contribution in [2.24, 2.45) is 5.92 Å². The molecule has 4 rings (SSSR count). The molecule has 1 aliphatic carbocycles. The highest BCUT2D eigenvalue weighted by atomic mass is 16.5. The summed E-state index contributed by atoms with van der Waals surface area (Å²) < 4.78 is 5.24. The summed E-state index contributed by atoms with van der Waals surface area (Å²) in [7, 11) is 1.64. The topological polar surface area (TPSA) is 91.0 Å². The van der Waals surface area contributed by atoms with Crippen LogP contribution < -0.4 is 15.4 Å². The SMILES string of the molecule is COc1ccc(CN2C[C@@H]3C[C@H](NC(C)=O)CN3C(=O)[C@@H](NC(=O)C3CC3)C2)cc1. The molecular weight excluding hydrogens is 384 g/mol. The van der Waals surface area contributed by atoms with Gasteiger partial charge in [0.2, 0.25) is 17.7 Å². The number of hydrogen-bond donors (Lipinski definition) is 2. The molecule has 1 aromatic rings. The number of methoxy groups -OCH3 is 1. The maximum absolute atomic E-state index is 13.3. The number of carbonyl (C=O) groups is 3. The Hall–Kier alpha value is -2.61. The van der Waals surface area contributed by atoms with Crippen LogP contribution in [0.15, 0.2) is 24.3 Å². The van der Waals surface area contributed by atoms with Crippen LogP contribution in [0.1, 0.15) is 31.7 Å². The fourth-order valence-corrected chi connectivity index (χ4v) is 4.52. The van der Waals surface area contributed by atoms with Crippen molar-refractivity contribution >= 4 is 17.7 Å². The maximum atomic E-state index is 13.3. The molecule has 2 N–H and O–H groups in total. The monoisotopic (exact) mass is 414 g/mol. The minimum Gasteiger partial charge on any atom is -0.497 e. The van der Waals surface area contributed by atoms with Gasteiger partial charge in [0.05, 0.1) is 7.11 Å². The zero-order valence-corrected chi connectivity index (χ0v) is 17.6. The normalized spacial score (nSPS) is 26.7. The lowest BCUT2D eigenvalue weighted by molar-refractivity contribution is -0.136. The summed E-state index contributed by atoms with van der Waals surface area (Å²) in [6.45, 7) is 3.88. The first kappa shape index (κ1) is 20.7. The zero-order valence-electron chi connectivity index (χ0n) is 17.6. The third-order valence-electron chi connectivity index (χ3n) is 6.14. The van der Waals surface area contributed by atoms with E-state index in [-0.39, 0.29) is 35.7 Å². The van der Waals surface area contributed by atoms with Gasteiger partial charge in [-0.25, -0.2) is 0 Å². The Morgan fingerprint density at radius 3 is 2.47 bits per heavy atom. The number of carbonyl (C=O) groups excluding carboxylic acids is 3. The number of nitrogens with zero attached hydrogens (tertiary/aromatic N) is 2. The number of hydrogen-bond acceptors (Lipinski definition) is 5. The van der Waals surface area contributed by atoms with Crippen LogP contribution in [0, 0.1) is 5.92 Å². The van der Waals surface area contributed by atoms with Gasteiger partial charge in [0.1, 0.15) is 11.8 Å². The Labute approximate surface area is 176 Å². The Morgan fingerprint density at radius 1 is 1.10 bits per heavy atom. The maximum Gasteiger partial charge on any atom is 0.246 e. The van der Waals surface area contributed by atoms with E-state index in [9.17, 15) is 14.4 Å². The number of ether oxygens (including phenoxy) is 1. The molecule has 1 saturated carbocycles. The molecule has 8 nitrogen and oxygen atoms in total. The highest BCUT2D eigenvalue weighted by molar-refractivity contribution is 5.90. The van der Waals surface area contributed by atoms with Gasteiger partial charge < -0.3 is 20.3 Å². The minimum atomic E-state index is -0.558. The van der Waals surface area contributed by atoms with Crippen molar-refractivity contribution in [2.75, 3.05) is 26.7 Å². The second-order valence-corrected chi connectivity index (χ2v) is 8.66. The fraction of sp³-hybridized carbons (Fsp3) is 0.591. The van der Waals surface area contributed by atoms with Gasteiger partial charge >= 0.3 is 0 Å². The van der Waals surface area contributed by atoms with E-state index < -0.39 is 6.04 Å². The first-order chi connectivity index (χ1) is 14.4. The molecule has 1 aromatic carbocycles. The van der Waals surface area contributed by atoms with E-state index in [1.165, 1.54) is 6.92 Å². The van der Waals surface area contributed by atoms with Crippen LogP contribution >= 0.6 is 0 Å². The average molecular weight is 415 g/mol. The molecule has 3 aliphatic rings. The van der Waals surface area contributed by atoms with Crippen molar-refractivity contribution in [1.82, 2.24) is 20.4 Å². The predicted octanol–water partition coefficient (Wildman–Crippen LogP) is 0.511. The van der Waals surface area contributed by atoms with E-state index in [1.54, 1.807) is 7.11 Å². The van der Waals surface area contributed by atoms with E-state index in [0.717, 1.165) is 30.6 Å². The molecule has 0 radical (unpaired) electrons. The molecule has 3 fully saturated rings. The number of nitrogens with one attached hydrogen (secondary N) is 2. The summed E-state index contributed by atoms with van der Waals surface area (Å²) in [6, 6.07) is 7.33. The molecule has 3 atom stereocenters. The molecule has 3 amide bonds. The van der Waals surface area contributed by atoms with E-state index in [0.29, 0.717) is 26.2 Å². The van der Waals surface area contributed by atoms with Crippen molar-refractivity contribution in [3.05, 3.63) is 29.8 Å². The van der Waals surface area contributed by atoms with Crippen molar-refractivity contribution in [3.63, 3.8) is 0 Å². The highest BCUT2D eigenvalue weighted by Gasteiger charge is 2.43. The van der Waals surface area contributed by atoms with Gasteiger partial charge in [0.15, 0.2) is 0 Å². The standard InChI is InChI=1S/C22H30N4O4/c1-14(27)23-17-9-18-12-25(10-15-3-7-19(30-2)8-4-15)13-20(22(29)26(18)11-17)24-21(28)16-5-6-16/h3-4,7-8,16-18,20H,5-6,9-13H2,1-2H3,(H,23,27)(H,24,28)/t17-,18-,20-/m0/s1. The van der Waals surface area contributed by atoms with Gasteiger partial charge in [-0.3, -0.25) is 19.3 Å². The fourth-order valence-electron chi connectivity index (χ4n) is 4.52. The number of amides is 3. The Balaban J connectivity index is 1.51. The van der Waals surface area contributed by atoms with Crippen LogP contribution in [0.2, 0.25) is 0 Å². The van der Waals surface area contributed by atoms with E-state index in [2.05, 4.69) is 15.5 Å². The predicted molar refractivity (Wildman–Crippen MR) is 111 cm³/mol. The molecule has 0 aromatic heterocycles. The zero-order chi connectivity index (χ0) is 21.3. The Bertz CT molecular complexity index is 808. The van der Waals surface area contributed by atoms with Crippen molar-refractivity contribution in [1.29, 1.82) is 0 Å². The summed E-state index contributed by atoms with van der Waals surface area (Å²) >= 11 is 0. The van der Waals surface area contributed by atoms with Crippen molar-refractivity contribution in [2.45, 2.75) is 50.9 Å². The molecule has 0 unspecified atom stereocenters. The summed E-state index contributed by atoms with van der Waals surface area (Å²) in [6.07, 6.45) is 2.53. The Kier molecular flexibility index (Phi) is 5.94. The first-order valence-corrected chi connectivity index (χ1v) is 10.7. The number of benzene rings is 1.